The summed E-state index contributed by atoms with van der Waals surface area (Å²) in [5, 5.41) is 0. The molecular formula is C22H32N2O3. The molecule has 2 aliphatic rings. The summed E-state index contributed by atoms with van der Waals surface area (Å²) >= 11 is 0. The van der Waals surface area contributed by atoms with Gasteiger partial charge in [-0.15, -0.1) is 0 Å². The Kier molecular flexibility index (Phi) is 5.50. The number of fused-ring (bicyclic) bond motifs is 2. The van der Waals surface area contributed by atoms with E-state index in [0.29, 0.717) is 13.1 Å². The van der Waals surface area contributed by atoms with E-state index in [4.69, 9.17) is 4.74 Å². The zero-order chi connectivity index (χ0) is 19.8. The zero-order valence-electron chi connectivity index (χ0n) is 17.3. The smallest absolute Gasteiger partial charge is 0.410 e. The third-order valence-corrected chi connectivity index (χ3v) is 5.23. The van der Waals surface area contributed by atoms with E-state index in [-0.39, 0.29) is 17.9 Å². The fourth-order valence-corrected chi connectivity index (χ4v) is 3.86. The van der Waals surface area contributed by atoms with Crippen molar-refractivity contribution in [2.75, 3.05) is 24.5 Å². The second-order valence-electron chi connectivity index (χ2n) is 8.97. The number of hydrogen-bond acceptors (Lipinski definition) is 3. The molecule has 0 spiro atoms. The Hall–Kier alpha value is -2.04. The van der Waals surface area contributed by atoms with Crippen molar-refractivity contribution in [3.8, 4) is 0 Å². The molecule has 0 bridgehead atoms. The van der Waals surface area contributed by atoms with Crippen molar-refractivity contribution in [3.63, 3.8) is 0 Å². The number of hydrogen-bond donors (Lipinski definition) is 0. The summed E-state index contributed by atoms with van der Waals surface area (Å²) < 4.78 is 5.54. The Labute approximate surface area is 162 Å². The topological polar surface area (TPSA) is 49.9 Å². The highest BCUT2D eigenvalue weighted by Crippen LogP contribution is 2.33. The maximum atomic E-state index is 12.6. The van der Waals surface area contributed by atoms with Crippen LogP contribution in [0.5, 0.6) is 0 Å². The van der Waals surface area contributed by atoms with Crippen molar-refractivity contribution in [1.82, 2.24) is 4.90 Å². The highest BCUT2D eigenvalue weighted by atomic mass is 16.6. The van der Waals surface area contributed by atoms with Gasteiger partial charge in [-0.3, -0.25) is 4.79 Å². The average Bonchev–Trinajstić information content (AvgIpc) is 2.79. The Bertz CT molecular complexity index is 734. The minimum absolute atomic E-state index is 0.00239. The molecule has 27 heavy (non-hydrogen) atoms. The molecule has 1 aromatic rings. The van der Waals surface area contributed by atoms with Gasteiger partial charge in [-0.1, -0.05) is 19.9 Å². The number of nitrogens with zero attached hydrogens (tertiary/aromatic N) is 2. The predicted molar refractivity (Wildman–Crippen MR) is 107 cm³/mol. The predicted octanol–water partition coefficient (Wildman–Crippen LogP) is 3.96. The maximum Gasteiger partial charge on any atom is 0.410 e. The van der Waals surface area contributed by atoms with Gasteiger partial charge >= 0.3 is 6.09 Å². The van der Waals surface area contributed by atoms with Gasteiger partial charge in [-0.05, 0) is 69.2 Å². The van der Waals surface area contributed by atoms with Gasteiger partial charge in [0.1, 0.15) is 5.60 Å². The minimum Gasteiger partial charge on any atom is -0.444 e. The highest BCUT2D eigenvalue weighted by Gasteiger charge is 2.28. The van der Waals surface area contributed by atoms with Crippen molar-refractivity contribution in [3.05, 3.63) is 28.8 Å². The van der Waals surface area contributed by atoms with Crippen LogP contribution in [-0.4, -0.2) is 42.1 Å². The SMILES string of the molecule is CC(C)C(=O)N1CCCc2cc3c(cc21)CCN(C(=O)OC(C)(C)C)CC3. The maximum absolute atomic E-state index is 12.6. The van der Waals surface area contributed by atoms with E-state index >= 15 is 0 Å². The van der Waals surface area contributed by atoms with Crippen molar-refractivity contribution in [1.29, 1.82) is 0 Å². The number of aryl methyl sites for hydroxylation is 1. The van der Waals surface area contributed by atoms with E-state index in [0.717, 1.165) is 37.9 Å². The van der Waals surface area contributed by atoms with E-state index in [1.807, 2.05) is 39.5 Å². The number of amides is 2. The van der Waals surface area contributed by atoms with Crippen LogP contribution in [0.4, 0.5) is 10.5 Å². The van der Waals surface area contributed by atoms with Crippen LogP contribution in [0.15, 0.2) is 12.1 Å². The highest BCUT2D eigenvalue weighted by molar-refractivity contribution is 5.96. The molecule has 0 fully saturated rings. The van der Waals surface area contributed by atoms with Gasteiger partial charge in [0, 0.05) is 31.2 Å². The molecule has 148 valence electrons. The monoisotopic (exact) mass is 372 g/mol. The standard InChI is InChI=1S/C22H32N2O3/c1-15(2)20(25)24-10-6-7-18-13-16-8-11-23(21(26)27-22(3,4)5)12-9-17(16)14-19(18)24/h13-15H,6-12H2,1-5H3. The summed E-state index contributed by atoms with van der Waals surface area (Å²) in [6.07, 6.45) is 3.41. The molecule has 5 nitrogen and oxygen atoms in total. The Morgan fingerprint density at radius 3 is 2.19 bits per heavy atom. The van der Waals surface area contributed by atoms with Crippen molar-refractivity contribution in [2.24, 2.45) is 5.92 Å². The van der Waals surface area contributed by atoms with E-state index in [1.54, 1.807) is 4.90 Å². The Balaban J connectivity index is 1.82. The molecule has 5 heteroatoms. The molecule has 3 rings (SSSR count). The number of carbonyl (C=O) groups excluding carboxylic acids is 2. The zero-order valence-corrected chi connectivity index (χ0v) is 17.3. The van der Waals surface area contributed by atoms with E-state index < -0.39 is 5.60 Å². The van der Waals surface area contributed by atoms with Gasteiger partial charge in [0.25, 0.3) is 0 Å². The van der Waals surface area contributed by atoms with Gasteiger partial charge in [0.15, 0.2) is 0 Å². The van der Waals surface area contributed by atoms with Gasteiger partial charge < -0.3 is 14.5 Å². The molecule has 0 saturated heterocycles. The average molecular weight is 373 g/mol. The summed E-state index contributed by atoms with van der Waals surface area (Å²) in [6, 6.07) is 4.46. The van der Waals surface area contributed by atoms with Crippen LogP contribution in [-0.2, 0) is 28.8 Å². The fraction of sp³-hybridized carbons (Fsp3) is 0.636. The van der Waals surface area contributed by atoms with Crippen molar-refractivity contribution >= 4 is 17.7 Å². The fourth-order valence-electron chi connectivity index (χ4n) is 3.86. The summed E-state index contributed by atoms with van der Waals surface area (Å²) in [5.74, 6) is 0.192. The van der Waals surface area contributed by atoms with Crippen molar-refractivity contribution in [2.45, 2.75) is 65.9 Å². The van der Waals surface area contributed by atoms with Gasteiger partial charge in [-0.2, -0.15) is 0 Å². The van der Waals surface area contributed by atoms with E-state index in [1.165, 1.54) is 16.7 Å². The van der Waals surface area contributed by atoms with Crippen LogP contribution in [0, 0.1) is 5.92 Å². The summed E-state index contributed by atoms with van der Waals surface area (Å²) in [4.78, 5) is 28.8. The molecule has 0 N–H and O–H groups in total. The largest absolute Gasteiger partial charge is 0.444 e. The molecule has 1 aromatic carbocycles. The Morgan fingerprint density at radius 1 is 0.963 bits per heavy atom. The number of rotatable bonds is 1. The third-order valence-electron chi connectivity index (χ3n) is 5.23. The molecule has 0 aromatic heterocycles. The molecule has 0 aliphatic carbocycles. The number of carbonyl (C=O) groups is 2. The summed E-state index contributed by atoms with van der Waals surface area (Å²) in [7, 11) is 0. The first-order valence-corrected chi connectivity index (χ1v) is 10.1. The first-order valence-electron chi connectivity index (χ1n) is 10.1. The normalized spacial score (nSPS) is 17.3. The summed E-state index contributed by atoms with van der Waals surface area (Å²) in [5.41, 5.74) is 4.42. The molecule has 0 saturated carbocycles. The molecule has 0 unspecified atom stereocenters. The third kappa shape index (κ3) is 4.45. The van der Waals surface area contributed by atoms with Crippen LogP contribution in [0.1, 0.15) is 57.7 Å². The first kappa shape index (κ1) is 19.7. The lowest BCUT2D eigenvalue weighted by Crippen LogP contribution is -2.38. The van der Waals surface area contributed by atoms with Gasteiger partial charge in [-0.25, -0.2) is 4.79 Å². The molecule has 2 amide bonds. The molecule has 2 heterocycles. The van der Waals surface area contributed by atoms with Crippen LogP contribution in [0.3, 0.4) is 0 Å². The van der Waals surface area contributed by atoms with Gasteiger partial charge in [0.2, 0.25) is 5.91 Å². The van der Waals surface area contributed by atoms with Gasteiger partial charge in [0.05, 0.1) is 0 Å². The van der Waals surface area contributed by atoms with Crippen molar-refractivity contribution < 1.29 is 14.3 Å². The first-order chi connectivity index (χ1) is 12.7. The molecule has 0 radical (unpaired) electrons. The van der Waals surface area contributed by atoms with Crippen LogP contribution >= 0.6 is 0 Å². The lowest BCUT2D eigenvalue weighted by molar-refractivity contribution is -0.121. The lowest BCUT2D eigenvalue weighted by atomic mass is 9.93. The number of anilines is 1. The van der Waals surface area contributed by atoms with Crippen LogP contribution < -0.4 is 4.90 Å². The quantitative estimate of drug-likeness (QED) is 0.750. The second kappa shape index (κ2) is 7.53. The molecule has 0 atom stereocenters. The Morgan fingerprint density at radius 2 is 1.59 bits per heavy atom. The second-order valence-corrected chi connectivity index (χ2v) is 8.97. The lowest BCUT2D eigenvalue weighted by Gasteiger charge is -2.32. The molecule has 2 aliphatic heterocycles. The minimum atomic E-state index is -0.479. The summed E-state index contributed by atoms with van der Waals surface area (Å²) in [6.45, 7) is 11.7. The number of ether oxygens (including phenoxy) is 1. The molecular weight excluding hydrogens is 340 g/mol. The van der Waals surface area contributed by atoms with E-state index in [9.17, 15) is 9.59 Å². The van der Waals surface area contributed by atoms with Crippen LogP contribution in [0.2, 0.25) is 0 Å². The van der Waals surface area contributed by atoms with E-state index in [2.05, 4.69) is 12.1 Å². The van der Waals surface area contributed by atoms with Crippen LogP contribution in [0.25, 0.3) is 0 Å². The number of benzene rings is 1.